The topological polar surface area (TPSA) is 71.2 Å². The fourth-order valence-corrected chi connectivity index (χ4v) is 4.79. The Morgan fingerprint density at radius 2 is 1.82 bits per heavy atom. The van der Waals surface area contributed by atoms with Crippen LogP contribution in [0.15, 0.2) is 59.9 Å². The summed E-state index contributed by atoms with van der Waals surface area (Å²) in [5.41, 5.74) is 1.78. The number of ether oxygens (including phenoxy) is 2. The molecule has 0 aliphatic carbocycles. The van der Waals surface area contributed by atoms with Gasteiger partial charge in [-0.3, -0.25) is 4.79 Å². The number of hydrogen-bond acceptors (Lipinski definition) is 6. The summed E-state index contributed by atoms with van der Waals surface area (Å²) in [5, 5.41) is 10.5. The molecule has 0 aliphatic rings. The molecule has 0 N–H and O–H groups in total. The zero-order chi connectivity index (χ0) is 24.2. The van der Waals surface area contributed by atoms with Crippen LogP contribution in [0.4, 0.5) is 0 Å². The lowest BCUT2D eigenvalue weighted by molar-refractivity contribution is 0.102. The largest absolute Gasteiger partial charge is 0.497 e. The maximum atomic E-state index is 13.1. The number of carbonyl (C=O) groups is 1. The Hall–Kier alpha value is -3.26. The molecular formula is C26H30N4O3S. The molecule has 1 atom stereocenters. The van der Waals surface area contributed by atoms with E-state index in [1.54, 1.807) is 7.11 Å². The third-order valence-electron chi connectivity index (χ3n) is 5.54. The smallest absolute Gasteiger partial charge is 0.191 e. The molecule has 0 bridgehead atoms. The van der Waals surface area contributed by atoms with Crippen LogP contribution in [-0.4, -0.2) is 38.0 Å². The number of benzene rings is 2. The molecular weight excluding hydrogens is 448 g/mol. The van der Waals surface area contributed by atoms with E-state index >= 15 is 0 Å². The Bertz CT molecular complexity index is 1290. The predicted octanol–water partition coefficient (Wildman–Crippen LogP) is 5.55. The number of rotatable bonds is 10. The van der Waals surface area contributed by atoms with Crippen LogP contribution in [0.25, 0.3) is 10.9 Å². The van der Waals surface area contributed by atoms with Gasteiger partial charge in [-0.1, -0.05) is 49.9 Å². The first-order valence-electron chi connectivity index (χ1n) is 11.3. The van der Waals surface area contributed by atoms with Crippen molar-refractivity contribution in [3.8, 4) is 11.5 Å². The van der Waals surface area contributed by atoms with Gasteiger partial charge in [0.1, 0.15) is 11.5 Å². The summed E-state index contributed by atoms with van der Waals surface area (Å²) in [6.07, 6.45) is 1.59. The minimum Gasteiger partial charge on any atom is -0.497 e. The zero-order valence-electron chi connectivity index (χ0n) is 20.2. The molecule has 34 heavy (non-hydrogen) atoms. The van der Waals surface area contributed by atoms with Gasteiger partial charge in [0.25, 0.3) is 0 Å². The Kier molecular flexibility index (Phi) is 7.26. The Morgan fingerprint density at radius 1 is 1.06 bits per heavy atom. The van der Waals surface area contributed by atoms with Gasteiger partial charge in [0.15, 0.2) is 22.9 Å². The van der Waals surface area contributed by atoms with Crippen LogP contribution in [0.3, 0.4) is 0 Å². The highest BCUT2D eigenvalue weighted by Crippen LogP contribution is 2.28. The maximum Gasteiger partial charge on any atom is 0.191 e. The molecule has 8 heteroatoms. The third kappa shape index (κ3) is 5.12. The lowest BCUT2D eigenvalue weighted by Gasteiger charge is -2.18. The molecule has 0 fully saturated rings. The van der Waals surface area contributed by atoms with Crippen molar-refractivity contribution in [2.75, 3.05) is 12.9 Å². The van der Waals surface area contributed by atoms with Crippen LogP contribution in [0.5, 0.6) is 11.5 Å². The van der Waals surface area contributed by atoms with Crippen molar-refractivity contribution in [1.82, 2.24) is 19.3 Å². The zero-order valence-corrected chi connectivity index (χ0v) is 21.0. The summed E-state index contributed by atoms with van der Waals surface area (Å²) in [6, 6.07) is 15.5. The first-order chi connectivity index (χ1) is 16.4. The van der Waals surface area contributed by atoms with Crippen LogP contribution < -0.4 is 9.47 Å². The van der Waals surface area contributed by atoms with E-state index < -0.39 is 0 Å². The minimum absolute atomic E-state index is 0.0723. The van der Waals surface area contributed by atoms with Gasteiger partial charge >= 0.3 is 0 Å². The molecule has 7 nitrogen and oxygen atoms in total. The quantitative estimate of drug-likeness (QED) is 0.220. The van der Waals surface area contributed by atoms with Gasteiger partial charge in [0, 0.05) is 42.3 Å². The van der Waals surface area contributed by atoms with Crippen LogP contribution in [0, 0.1) is 5.92 Å². The SMILES string of the molecule is COc1cccc(OC(C)c2nnc(SCC(=O)c3cn(C)c4ccccc34)n2CC(C)C)c1. The molecule has 2 aromatic heterocycles. The number of fused-ring (bicyclic) bond motifs is 1. The van der Waals surface area contributed by atoms with E-state index in [0.717, 1.165) is 39.7 Å². The second-order valence-corrected chi connectivity index (χ2v) is 9.61. The van der Waals surface area contributed by atoms with Crippen molar-refractivity contribution in [3.63, 3.8) is 0 Å². The summed E-state index contributed by atoms with van der Waals surface area (Å²) in [5.74, 6) is 2.91. The maximum absolute atomic E-state index is 13.1. The van der Waals surface area contributed by atoms with Gasteiger partial charge in [-0.2, -0.15) is 0 Å². The molecule has 0 aliphatic heterocycles. The van der Waals surface area contributed by atoms with Crippen LogP contribution in [0.2, 0.25) is 0 Å². The van der Waals surface area contributed by atoms with E-state index in [4.69, 9.17) is 9.47 Å². The minimum atomic E-state index is -0.318. The van der Waals surface area contributed by atoms with Crippen LogP contribution in [-0.2, 0) is 13.6 Å². The van der Waals surface area contributed by atoms with Crippen molar-refractivity contribution in [3.05, 3.63) is 66.1 Å². The van der Waals surface area contributed by atoms with Gasteiger partial charge in [0.2, 0.25) is 0 Å². The Morgan fingerprint density at radius 3 is 2.59 bits per heavy atom. The number of hydrogen-bond donors (Lipinski definition) is 0. The fraction of sp³-hybridized carbons (Fsp3) is 0.346. The average molecular weight is 479 g/mol. The number of carbonyl (C=O) groups excluding carboxylic acids is 1. The molecule has 4 aromatic rings. The fourth-order valence-electron chi connectivity index (χ4n) is 3.95. The monoisotopic (exact) mass is 478 g/mol. The first-order valence-corrected chi connectivity index (χ1v) is 12.3. The second kappa shape index (κ2) is 10.3. The number of aromatic nitrogens is 4. The number of para-hydroxylation sites is 1. The molecule has 4 rings (SSSR count). The van der Waals surface area contributed by atoms with Gasteiger partial charge in [-0.15, -0.1) is 10.2 Å². The van der Waals surface area contributed by atoms with E-state index in [-0.39, 0.29) is 17.6 Å². The Labute approximate surface area is 204 Å². The number of Topliss-reactive ketones (excluding diaryl/α,β-unsaturated/α-hetero) is 1. The third-order valence-corrected chi connectivity index (χ3v) is 6.51. The van der Waals surface area contributed by atoms with E-state index in [1.165, 1.54) is 11.8 Å². The molecule has 2 aromatic carbocycles. The molecule has 1 unspecified atom stereocenters. The highest BCUT2D eigenvalue weighted by molar-refractivity contribution is 7.99. The molecule has 0 radical (unpaired) electrons. The van der Waals surface area contributed by atoms with Crippen molar-refractivity contribution >= 4 is 28.4 Å². The summed E-state index contributed by atoms with van der Waals surface area (Å²) in [4.78, 5) is 13.1. The van der Waals surface area contributed by atoms with Crippen molar-refractivity contribution < 1.29 is 14.3 Å². The van der Waals surface area contributed by atoms with Gasteiger partial charge in [-0.05, 0) is 31.0 Å². The van der Waals surface area contributed by atoms with Crippen molar-refractivity contribution in [1.29, 1.82) is 0 Å². The lowest BCUT2D eigenvalue weighted by atomic mass is 10.1. The average Bonchev–Trinajstić information content (AvgIpc) is 3.38. The second-order valence-electron chi connectivity index (χ2n) is 8.67. The lowest BCUT2D eigenvalue weighted by Crippen LogP contribution is -2.15. The molecule has 0 spiro atoms. The number of aryl methyl sites for hydroxylation is 1. The summed E-state index contributed by atoms with van der Waals surface area (Å²) in [7, 11) is 3.59. The standard InChI is InChI=1S/C26H30N4O3S/c1-17(2)14-30-25(18(3)33-20-10-8-9-19(13-20)32-5)27-28-26(30)34-16-24(31)22-15-29(4)23-12-7-6-11-21(22)23/h6-13,15,17-18H,14,16H2,1-5H3. The van der Waals surface area contributed by atoms with Gasteiger partial charge in [-0.25, -0.2) is 0 Å². The Balaban J connectivity index is 1.53. The summed E-state index contributed by atoms with van der Waals surface area (Å²) < 4.78 is 15.5. The van der Waals surface area contributed by atoms with Crippen LogP contribution >= 0.6 is 11.8 Å². The van der Waals surface area contributed by atoms with Gasteiger partial charge < -0.3 is 18.6 Å². The summed E-state index contributed by atoms with van der Waals surface area (Å²) >= 11 is 1.42. The molecule has 0 saturated heterocycles. The van der Waals surface area contributed by atoms with E-state index in [9.17, 15) is 4.79 Å². The summed E-state index contributed by atoms with van der Waals surface area (Å²) in [6.45, 7) is 6.98. The molecule has 0 amide bonds. The number of thioether (sulfide) groups is 1. The predicted molar refractivity (Wildman–Crippen MR) is 135 cm³/mol. The molecule has 2 heterocycles. The first kappa shape index (κ1) is 23.9. The van der Waals surface area contributed by atoms with Crippen molar-refractivity contribution in [2.45, 2.75) is 38.6 Å². The number of nitrogens with zero attached hydrogens (tertiary/aromatic N) is 4. The number of methoxy groups -OCH3 is 1. The van der Waals surface area contributed by atoms with E-state index in [0.29, 0.717) is 11.7 Å². The number of ketones is 1. The molecule has 178 valence electrons. The van der Waals surface area contributed by atoms with E-state index in [2.05, 4.69) is 28.6 Å². The van der Waals surface area contributed by atoms with E-state index in [1.807, 2.05) is 73.3 Å². The van der Waals surface area contributed by atoms with Crippen molar-refractivity contribution in [2.24, 2.45) is 13.0 Å². The highest BCUT2D eigenvalue weighted by atomic mass is 32.2. The van der Waals surface area contributed by atoms with Crippen LogP contribution in [0.1, 0.15) is 43.1 Å². The highest BCUT2D eigenvalue weighted by Gasteiger charge is 2.22. The van der Waals surface area contributed by atoms with Gasteiger partial charge in [0.05, 0.1) is 12.9 Å². The molecule has 0 saturated carbocycles. The normalized spacial score (nSPS) is 12.3.